The van der Waals surface area contributed by atoms with Crippen molar-refractivity contribution in [2.45, 2.75) is 58.4 Å². The topological polar surface area (TPSA) is 21.3 Å². The van der Waals surface area contributed by atoms with Crippen LogP contribution in [0.3, 0.4) is 0 Å². The normalized spacial score (nSPS) is 16.5. The highest BCUT2D eigenvalue weighted by Gasteiger charge is 2.18. The Labute approximate surface area is 106 Å². The first-order valence-electron chi connectivity index (χ1n) is 6.15. The Morgan fingerprint density at radius 2 is 1.75 bits per heavy atom. The molecule has 0 spiro atoms. The fourth-order valence-corrected chi connectivity index (χ4v) is 2.25. The zero-order valence-corrected chi connectivity index (χ0v) is 12.8. The van der Waals surface area contributed by atoms with Crippen molar-refractivity contribution in [2.24, 2.45) is 5.92 Å². The SMILES string of the molecule is COCC(NC(C)CSC(C)(C)C)C(C)C. The minimum Gasteiger partial charge on any atom is -0.383 e. The molecule has 0 radical (unpaired) electrons. The van der Waals surface area contributed by atoms with Gasteiger partial charge in [0.2, 0.25) is 0 Å². The van der Waals surface area contributed by atoms with Crippen molar-refractivity contribution in [1.82, 2.24) is 5.32 Å². The van der Waals surface area contributed by atoms with Crippen LogP contribution in [0.5, 0.6) is 0 Å². The maximum atomic E-state index is 5.24. The first kappa shape index (κ1) is 16.3. The van der Waals surface area contributed by atoms with Crippen LogP contribution in [0.15, 0.2) is 0 Å². The van der Waals surface area contributed by atoms with E-state index >= 15 is 0 Å². The molecule has 0 aliphatic rings. The van der Waals surface area contributed by atoms with Gasteiger partial charge >= 0.3 is 0 Å². The number of ether oxygens (including phenoxy) is 1. The largest absolute Gasteiger partial charge is 0.383 e. The molecule has 0 amide bonds. The number of thioether (sulfide) groups is 1. The molecule has 2 atom stereocenters. The molecule has 0 fully saturated rings. The van der Waals surface area contributed by atoms with E-state index in [4.69, 9.17) is 4.74 Å². The van der Waals surface area contributed by atoms with Gasteiger partial charge in [-0.2, -0.15) is 11.8 Å². The lowest BCUT2D eigenvalue weighted by atomic mass is 10.0. The van der Waals surface area contributed by atoms with E-state index in [-0.39, 0.29) is 0 Å². The van der Waals surface area contributed by atoms with Gasteiger partial charge in [-0.05, 0) is 12.8 Å². The summed E-state index contributed by atoms with van der Waals surface area (Å²) in [6.07, 6.45) is 0. The summed E-state index contributed by atoms with van der Waals surface area (Å²) in [6, 6.07) is 0.993. The smallest absolute Gasteiger partial charge is 0.0618 e. The molecule has 0 heterocycles. The van der Waals surface area contributed by atoms with Crippen LogP contribution in [-0.4, -0.2) is 36.3 Å². The predicted octanol–water partition coefficient (Wildman–Crippen LogP) is 3.17. The highest BCUT2D eigenvalue weighted by Crippen LogP contribution is 2.23. The van der Waals surface area contributed by atoms with Gasteiger partial charge in [0, 0.05) is 29.7 Å². The van der Waals surface area contributed by atoms with Crippen molar-refractivity contribution >= 4 is 11.8 Å². The van der Waals surface area contributed by atoms with Crippen LogP contribution in [-0.2, 0) is 4.74 Å². The second-order valence-electron chi connectivity index (χ2n) is 5.80. The van der Waals surface area contributed by atoms with Crippen molar-refractivity contribution in [2.75, 3.05) is 19.5 Å². The number of nitrogens with one attached hydrogen (secondary N) is 1. The Kier molecular flexibility index (Phi) is 7.70. The summed E-state index contributed by atoms with van der Waals surface area (Å²) in [5.74, 6) is 1.76. The molecule has 0 saturated carbocycles. The standard InChI is InChI=1S/C13H29NOS/c1-10(2)12(8-15-7)14-11(3)9-16-13(4,5)6/h10-12,14H,8-9H2,1-7H3. The first-order chi connectivity index (χ1) is 7.26. The Balaban J connectivity index is 3.95. The average Bonchev–Trinajstić information content (AvgIpc) is 2.13. The van der Waals surface area contributed by atoms with E-state index in [0.29, 0.717) is 22.7 Å². The number of rotatable bonds is 7. The average molecular weight is 247 g/mol. The highest BCUT2D eigenvalue weighted by molar-refractivity contribution is 8.00. The van der Waals surface area contributed by atoms with Crippen molar-refractivity contribution < 1.29 is 4.74 Å². The Bertz CT molecular complexity index is 177. The third-order valence-corrected chi connectivity index (χ3v) is 3.95. The van der Waals surface area contributed by atoms with Crippen LogP contribution in [0.2, 0.25) is 0 Å². The van der Waals surface area contributed by atoms with Crippen LogP contribution in [0.4, 0.5) is 0 Å². The van der Waals surface area contributed by atoms with Gasteiger partial charge in [0.15, 0.2) is 0 Å². The number of hydrogen-bond acceptors (Lipinski definition) is 3. The fraction of sp³-hybridized carbons (Fsp3) is 1.00. The van der Waals surface area contributed by atoms with Gasteiger partial charge in [-0.3, -0.25) is 0 Å². The van der Waals surface area contributed by atoms with E-state index in [2.05, 4.69) is 46.9 Å². The summed E-state index contributed by atoms with van der Waals surface area (Å²) in [6.45, 7) is 14.3. The molecule has 0 aromatic heterocycles. The monoisotopic (exact) mass is 247 g/mol. The molecule has 3 heteroatoms. The summed E-state index contributed by atoms with van der Waals surface area (Å²) >= 11 is 2.01. The zero-order chi connectivity index (χ0) is 12.8. The molecule has 0 bridgehead atoms. The van der Waals surface area contributed by atoms with Crippen molar-refractivity contribution in [3.63, 3.8) is 0 Å². The van der Waals surface area contributed by atoms with Crippen LogP contribution >= 0.6 is 11.8 Å². The van der Waals surface area contributed by atoms with Gasteiger partial charge in [0.1, 0.15) is 0 Å². The number of methoxy groups -OCH3 is 1. The van der Waals surface area contributed by atoms with Crippen molar-refractivity contribution in [3.05, 3.63) is 0 Å². The molecule has 0 aromatic rings. The van der Waals surface area contributed by atoms with E-state index in [0.717, 1.165) is 12.4 Å². The zero-order valence-electron chi connectivity index (χ0n) is 12.0. The lowest BCUT2D eigenvalue weighted by Gasteiger charge is -2.27. The summed E-state index contributed by atoms with van der Waals surface area (Å²) in [5, 5.41) is 3.64. The molecule has 98 valence electrons. The fourth-order valence-electron chi connectivity index (χ4n) is 1.40. The van der Waals surface area contributed by atoms with E-state index in [1.54, 1.807) is 7.11 Å². The molecule has 0 saturated heterocycles. The van der Waals surface area contributed by atoms with Crippen LogP contribution in [0.1, 0.15) is 41.5 Å². The molecule has 2 unspecified atom stereocenters. The Morgan fingerprint density at radius 3 is 2.12 bits per heavy atom. The lowest BCUT2D eigenvalue weighted by Crippen LogP contribution is -2.44. The third kappa shape index (κ3) is 8.43. The van der Waals surface area contributed by atoms with Crippen LogP contribution in [0, 0.1) is 5.92 Å². The predicted molar refractivity (Wildman–Crippen MR) is 75.3 cm³/mol. The Hall–Kier alpha value is 0.270. The highest BCUT2D eigenvalue weighted by atomic mass is 32.2. The molecular formula is C13H29NOS. The van der Waals surface area contributed by atoms with Gasteiger partial charge in [0.25, 0.3) is 0 Å². The molecule has 0 aliphatic carbocycles. The quantitative estimate of drug-likeness (QED) is 0.746. The maximum absolute atomic E-state index is 5.24. The van der Waals surface area contributed by atoms with Gasteiger partial charge < -0.3 is 10.1 Å². The molecule has 0 aliphatic heterocycles. The molecule has 0 aromatic carbocycles. The van der Waals surface area contributed by atoms with Crippen LogP contribution in [0.25, 0.3) is 0 Å². The van der Waals surface area contributed by atoms with Gasteiger partial charge in [-0.1, -0.05) is 34.6 Å². The molecule has 16 heavy (non-hydrogen) atoms. The molecular weight excluding hydrogens is 218 g/mol. The van der Waals surface area contributed by atoms with Gasteiger partial charge in [0.05, 0.1) is 6.61 Å². The summed E-state index contributed by atoms with van der Waals surface area (Å²) in [5.41, 5.74) is 0. The molecule has 1 N–H and O–H groups in total. The van der Waals surface area contributed by atoms with Gasteiger partial charge in [-0.15, -0.1) is 0 Å². The maximum Gasteiger partial charge on any atom is 0.0618 e. The van der Waals surface area contributed by atoms with Gasteiger partial charge in [-0.25, -0.2) is 0 Å². The van der Waals surface area contributed by atoms with E-state index in [1.807, 2.05) is 11.8 Å². The summed E-state index contributed by atoms with van der Waals surface area (Å²) in [4.78, 5) is 0. The number of hydrogen-bond donors (Lipinski definition) is 1. The van der Waals surface area contributed by atoms with E-state index < -0.39 is 0 Å². The van der Waals surface area contributed by atoms with Crippen molar-refractivity contribution in [1.29, 1.82) is 0 Å². The third-order valence-electron chi connectivity index (χ3n) is 2.42. The van der Waals surface area contributed by atoms with Crippen molar-refractivity contribution in [3.8, 4) is 0 Å². The lowest BCUT2D eigenvalue weighted by molar-refractivity contribution is 0.143. The molecule has 2 nitrogen and oxygen atoms in total. The minimum atomic E-state index is 0.352. The Morgan fingerprint density at radius 1 is 1.19 bits per heavy atom. The second kappa shape index (κ2) is 7.57. The second-order valence-corrected chi connectivity index (χ2v) is 7.64. The minimum absolute atomic E-state index is 0.352. The molecule has 0 rings (SSSR count). The first-order valence-corrected chi connectivity index (χ1v) is 7.13. The van der Waals surface area contributed by atoms with E-state index in [9.17, 15) is 0 Å². The summed E-state index contributed by atoms with van der Waals surface area (Å²) in [7, 11) is 1.77. The summed E-state index contributed by atoms with van der Waals surface area (Å²) < 4.78 is 5.59. The van der Waals surface area contributed by atoms with Crippen LogP contribution < -0.4 is 5.32 Å². The van der Waals surface area contributed by atoms with E-state index in [1.165, 1.54) is 0 Å².